The number of aryl methyl sites for hydroxylation is 1. The lowest BCUT2D eigenvalue weighted by Gasteiger charge is -2.20. The molecule has 1 aliphatic rings. The molecule has 0 spiro atoms. The molecule has 6 heteroatoms. The van der Waals surface area contributed by atoms with Crippen molar-refractivity contribution in [2.75, 3.05) is 0 Å². The predicted molar refractivity (Wildman–Crippen MR) is 83.6 cm³/mol. The number of carboxylic acid groups (broad SMARTS) is 1. The number of hydrogen-bond donors (Lipinski definition) is 2. The summed E-state index contributed by atoms with van der Waals surface area (Å²) in [5.74, 6) is -1.28. The van der Waals surface area contributed by atoms with Gasteiger partial charge in [-0.1, -0.05) is 29.8 Å². The van der Waals surface area contributed by atoms with Crippen LogP contribution in [0.25, 0.3) is 0 Å². The molecular weight excluding hydrogens is 294 g/mol. The molecule has 2 aromatic rings. The molecule has 0 aliphatic heterocycles. The first-order chi connectivity index (χ1) is 11.0. The number of carbonyl (C=O) groups excluding carboxylic acids is 1. The molecule has 1 aliphatic carbocycles. The standard InChI is InChI=1S/C17H19N3O3/c1-12-4-2-5-13(10-12)14(15(21)22)19-16(23)17(6-7-17)11-20-9-3-8-18-20/h2-5,8-10,14H,6-7,11H2,1H3,(H,19,23)(H,21,22)/t14-/m1/s1. The Kier molecular flexibility index (Phi) is 3.90. The van der Waals surface area contributed by atoms with Crippen LogP contribution < -0.4 is 5.32 Å². The summed E-state index contributed by atoms with van der Waals surface area (Å²) >= 11 is 0. The van der Waals surface area contributed by atoms with Crippen molar-refractivity contribution in [3.8, 4) is 0 Å². The van der Waals surface area contributed by atoms with Crippen molar-refractivity contribution >= 4 is 11.9 Å². The van der Waals surface area contributed by atoms with Gasteiger partial charge in [0.2, 0.25) is 5.91 Å². The molecular formula is C17H19N3O3. The fourth-order valence-electron chi connectivity index (χ4n) is 2.73. The van der Waals surface area contributed by atoms with Crippen LogP contribution in [0.15, 0.2) is 42.7 Å². The van der Waals surface area contributed by atoms with Gasteiger partial charge in [0.1, 0.15) is 0 Å². The van der Waals surface area contributed by atoms with Crippen molar-refractivity contribution in [2.45, 2.75) is 32.4 Å². The maximum Gasteiger partial charge on any atom is 0.330 e. The molecule has 6 nitrogen and oxygen atoms in total. The van der Waals surface area contributed by atoms with E-state index in [2.05, 4.69) is 10.4 Å². The van der Waals surface area contributed by atoms with Gasteiger partial charge in [-0.15, -0.1) is 0 Å². The van der Waals surface area contributed by atoms with E-state index >= 15 is 0 Å². The van der Waals surface area contributed by atoms with E-state index in [-0.39, 0.29) is 5.91 Å². The van der Waals surface area contributed by atoms with E-state index in [1.54, 1.807) is 35.1 Å². The molecule has 0 bridgehead atoms. The summed E-state index contributed by atoms with van der Waals surface area (Å²) < 4.78 is 1.72. The van der Waals surface area contributed by atoms with Crippen molar-refractivity contribution in [1.82, 2.24) is 15.1 Å². The van der Waals surface area contributed by atoms with Crippen LogP contribution in [-0.4, -0.2) is 26.8 Å². The summed E-state index contributed by atoms with van der Waals surface area (Å²) in [6.07, 6.45) is 4.97. The Morgan fingerprint density at radius 3 is 2.74 bits per heavy atom. The minimum atomic E-state index is -1.06. The molecule has 1 atom stereocenters. The van der Waals surface area contributed by atoms with Gasteiger partial charge >= 0.3 is 5.97 Å². The number of rotatable bonds is 6. The van der Waals surface area contributed by atoms with E-state index in [0.717, 1.165) is 18.4 Å². The highest BCUT2D eigenvalue weighted by molar-refractivity contribution is 5.89. The highest BCUT2D eigenvalue weighted by Crippen LogP contribution is 2.47. The number of carbonyl (C=O) groups is 2. The van der Waals surface area contributed by atoms with Gasteiger partial charge < -0.3 is 10.4 Å². The number of aliphatic carboxylic acids is 1. The van der Waals surface area contributed by atoms with Crippen molar-refractivity contribution in [3.05, 3.63) is 53.9 Å². The molecule has 23 heavy (non-hydrogen) atoms. The van der Waals surface area contributed by atoms with Crippen LogP contribution in [0.1, 0.15) is 30.0 Å². The highest BCUT2D eigenvalue weighted by atomic mass is 16.4. The summed E-state index contributed by atoms with van der Waals surface area (Å²) in [5, 5.41) is 16.3. The molecule has 1 fully saturated rings. The summed E-state index contributed by atoms with van der Waals surface area (Å²) in [7, 11) is 0. The van der Waals surface area contributed by atoms with Crippen LogP contribution in [0.3, 0.4) is 0 Å². The fourth-order valence-corrected chi connectivity index (χ4v) is 2.73. The highest BCUT2D eigenvalue weighted by Gasteiger charge is 2.51. The number of aromatic nitrogens is 2. The van der Waals surface area contributed by atoms with Gasteiger partial charge in [-0.2, -0.15) is 5.10 Å². The van der Waals surface area contributed by atoms with Crippen LogP contribution in [0, 0.1) is 12.3 Å². The molecule has 1 aromatic carbocycles. The number of hydrogen-bond acceptors (Lipinski definition) is 3. The monoisotopic (exact) mass is 313 g/mol. The van der Waals surface area contributed by atoms with E-state index in [1.807, 2.05) is 19.2 Å². The van der Waals surface area contributed by atoms with Crippen LogP contribution in [0.2, 0.25) is 0 Å². The average molecular weight is 313 g/mol. The van der Waals surface area contributed by atoms with Gasteiger partial charge in [0.25, 0.3) is 0 Å². The molecule has 1 heterocycles. The van der Waals surface area contributed by atoms with Gasteiger partial charge in [0.15, 0.2) is 6.04 Å². The Hall–Kier alpha value is -2.63. The van der Waals surface area contributed by atoms with Crippen molar-refractivity contribution in [1.29, 1.82) is 0 Å². The zero-order chi connectivity index (χ0) is 16.4. The molecule has 2 N–H and O–H groups in total. The molecule has 1 amide bonds. The summed E-state index contributed by atoms with van der Waals surface area (Å²) in [5.41, 5.74) is 1.00. The number of benzene rings is 1. The van der Waals surface area contributed by atoms with Crippen molar-refractivity contribution < 1.29 is 14.7 Å². The molecule has 3 rings (SSSR count). The first kappa shape index (κ1) is 15.3. The van der Waals surface area contributed by atoms with Gasteiger partial charge in [-0.25, -0.2) is 4.79 Å². The number of nitrogens with zero attached hydrogens (tertiary/aromatic N) is 2. The minimum absolute atomic E-state index is 0.220. The van der Waals surface area contributed by atoms with E-state index < -0.39 is 17.4 Å². The van der Waals surface area contributed by atoms with E-state index in [4.69, 9.17) is 0 Å². The second-order valence-electron chi connectivity index (χ2n) is 6.14. The molecule has 1 aromatic heterocycles. The van der Waals surface area contributed by atoms with Crippen LogP contribution in [0.4, 0.5) is 0 Å². The largest absolute Gasteiger partial charge is 0.479 e. The number of carboxylic acids is 1. The molecule has 0 unspecified atom stereocenters. The van der Waals surface area contributed by atoms with Gasteiger partial charge in [0, 0.05) is 12.4 Å². The topological polar surface area (TPSA) is 84.2 Å². The second kappa shape index (κ2) is 5.87. The van der Waals surface area contributed by atoms with Crippen molar-refractivity contribution in [3.63, 3.8) is 0 Å². The zero-order valence-electron chi connectivity index (χ0n) is 12.9. The first-order valence-corrected chi connectivity index (χ1v) is 7.58. The fraction of sp³-hybridized carbons (Fsp3) is 0.353. The summed E-state index contributed by atoms with van der Waals surface area (Å²) in [4.78, 5) is 24.2. The molecule has 1 saturated carbocycles. The SMILES string of the molecule is Cc1cccc([C@@H](NC(=O)C2(Cn3cccn3)CC2)C(=O)O)c1. The lowest BCUT2D eigenvalue weighted by Crippen LogP contribution is -2.40. The zero-order valence-corrected chi connectivity index (χ0v) is 12.9. The van der Waals surface area contributed by atoms with Gasteiger partial charge in [-0.3, -0.25) is 9.48 Å². The van der Waals surface area contributed by atoms with E-state index in [1.165, 1.54) is 0 Å². The smallest absolute Gasteiger partial charge is 0.330 e. The Morgan fingerprint density at radius 2 is 2.17 bits per heavy atom. The Morgan fingerprint density at radius 1 is 1.39 bits per heavy atom. The van der Waals surface area contributed by atoms with E-state index in [0.29, 0.717) is 12.1 Å². The predicted octanol–water partition coefficient (Wildman–Crippen LogP) is 1.91. The van der Waals surface area contributed by atoms with Gasteiger partial charge in [0.05, 0.1) is 12.0 Å². The molecule has 0 saturated heterocycles. The number of nitrogens with one attached hydrogen (secondary N) is 1. The maximum absolute atomic E-state index is 12.6. The second-order valence-corrected chi connectivity index (χ2v) is 6.14. The third-order valence-electron chi connectivity index (χ3n) is 4.26. The Labute approximate surface area is 134 Å². The quantitative estimate of drug-likeness (QED) is 0.853. The Balaban J connectivity index is 1.75. The summed E-state index contributed by atoms with van der Waals surface area (Å²) in [6, 6.07) is 7.97. The first-order valence-electron chi connectivity index (χ1n) is 7.58. The lowest BCUT2D eigenvalue weighted by molar-refractivity contribution is -0.143. The van der Waals surface area contributed by atoms with E-state index in [9.17, 15) is 14.7 Å². The Bertz CT molecular complexity index is 720. The van der Waals surface area contributed by atoms with Crippen LogP contribution in [-0.2, 0) is 16.1 Å². The molecule has 0 radical (unpaired) electrons. The maximum atomic E-state index is 12.6. The summed E-state index contributed by atoms with van der Waals surface area (Å²) in [6.45, 7) is 2.37. The average Bonchev–Trinajstić information content (AvgIpc) is 3.11. The lowest BCUT2D eigenvalue weighted by atomic mass is 10.0. The third kappa shape index (κ3) is 3.26. The normalized spacial score (nSPS) is 16.6. The van der Waals surface area contributed by atoms with Crippen LogP contribution >= 0.6 is 0 Å². The van der Waals surface area contributed by atoms with Crippen molar-refractivity contribution in [2.24, 2.45) is 5.41 Å². The van der Waals surface area contributed by atoms with Crippen LogP contribution in [0.5, 0.6) is 0 Å². The van der Waals surface area contributed by atoms with Gasteiger partial charge in [-0.05, 0) is 31.4 Å². The molecule has 120 valence electrons. The minimum Gasteiger partial charge on any atom is -0.479 e. The third-order valence-corrected chi connectivity index (χ3v) is 4.26. The number of amides is 1.